The van der Waals surface area contributed by atoms with Crippen LogP contribution in [0.1, 0.15) is 6.42 Å². The molecule has 6 heteroatoms. The smallest absolute Gasteiger partial charge is 0.321 e. The second-order valence-electron chi connectivity index (χ2n) is 5.21. The van der Waals surface area contributed by atoms with E-state index in [1.807, 2.05) is 43.3 Å². The topological polar surface area (TPSA) is 72.9 Å². The van der Waals surface area contributed by atoms with Crippen molar-refractivity contribution in [3.05, 3.63) is 24.3 Å². The van der Waals surface area contributed by atoms with Crippen LogP contribution in [0.25, 0.3) is 0 Å². The standard InChI is InChI=1S/C14H19N3O3/c1-16(2)12-6-4-3-5-11(12)15-14(20)17-8-10(9-17)7-13(18)19/h3-6,10H,7-9H2,1-2H3,(H,15,20)(H,18,19). The van der Waals surface area contributed by atoms with Crippen molar-refractivity contribution < 1.29 is 14.7 Å². The Balaban J connectivity index is 1.92. The number of carboxylic acid groups (broad SMARTS) is 1. The van der Waals surface area contributed by atoms with Crippen LogP contribution >= 0.6 is 0 Å². The summed E-state index contributed by atoms with van der Waals surface area (Å²) in [5, 5.41) is 11.5. The third kappa shape index (κ3) is 3.20. The molecule has 108 valence electrons. The number of anilines is 2. The van der Waals surface area contributed by atoms with Crippen LogP contribution in [-0.2, 0) is 4.79 Å². The summed E-state index contributed by atoms with van der Waals surface area (Å²) in [6.07, 6.45) is 0.123. The SMILES string of the molecule is CN(C)c1ccccc1NC(=O)N1CC(CC(=O)O)C1. The molecule has 1 fully saturated rings. The Bertz CT molecular complexity index is 510. The van der Waals surface area contributed by atoms with Gasteiger partial charge in [-0.25, -0.2) is 4.79 Å². The number of carbonyl (C=O) groups is 2. The monoisotopic (exact) mass is 277 g/mol. The van der Waals surface area contributed by atoms with E-state index in [1.165, 1.54) is 0 Å². The molecule has 0 aliphatic carbocycles. The largest absolute Gasteiger partial charge is 0.481 e. The molecule has 1 aromatic rings. The number of benzene rings is 1. The van der Waals surface area contributed by atoms with Gasteiger partial charge in [0.1, 0.15) is 0 Å². The van der Waals surface area contributed by atoms with Crippen molar-refractivity contribution in [2.24, 2.45) is 5.92 Å². The fourth-order valence-electron chi connectivity index (χ4n) is 2.28. The number of para-hydroxylation sites is 2. The molecule has 0 unspecified atom stereocenters. The number of rotatable bonds is 4. The molecule has 20 heavy (non-hydrogen) atoms. The van der Waals surface area contributed by atoms with E-state index in [4.69, 9.17) is 5.11 Å². The average molecular weight is 277 g/mol. The van der Waals surface area contributed by atoms with Gasteiger partial charge in [0.05, 0.1) is 17.8 Å². The molecule has 0 atom stereocenters. The third-order valence-electron chi connectivity index (χ3n) is 3.34. The van der Waals surface area contributed by atoms with Gasteiger partial charge in [0, 0.05) is 33.1 Å². The fraction of sp³-hybridized carbons (Fsp3) is 0.429. The van der Waals surface area contributed by atoms with Crippen LogP contribution in [0.3, 0.4) is 0 Å². The molecule has 1 aliphatic heterocycles. The van der Waals surface area contributed by atoms with Gasteiger partial charge in [-0.05, 0) is 12.1 Å². The predicted molar refractivity (Wildman–Crippen MR) is 77.1 cm³/mol. The molecule has 6 nitrogen and oxygen atoms in total. The lowest BCUT2D eigenvalue weighted by Crippen LogP contribution is -2.52. The van der Waals surface area contributed by atoms with E-state index in [0.717, 1.165) is 11.4 Å². The first kappa shape index (κ1) is 14.2. The predicted octanol–water partition coefficient (Wildman–Crippen LogP) is 1.69. The number of urea groups is 1. The minimum absolute atomic E-state index is 0.0716. The Hall–Kier alpha value is -2.24. The van der Waals surface area contributed by atoms with Crippen LogP contribution in [0, 0.1) is 5.92 Å². The molecule has 0 aromatic heterocycles. The molecule has 1 aromatic carbocycles. The van der Waals surface area contributed by atoms with Crippen molar-refractivity contribution >= 4 is 23.4 Å². The summed E-state index contributed by atoms with van der Waals surface area (Å²) < 4.78 is 0. The van der Waals surface area contributed by atoms with Gasteiger partial charge in [-0.15, -0.1) is 0 Å². The molecule has 0 bridgehead atoms. The number of hydrogen-bond acceptors (Lipinski definition) is 3. The maximum atomic E-state index is 12.0. The highest BCUT2D eigenvalue weighted by atomic mass is 16.4. The van der Waals surface area contributed by atoms with Crippen molar-refractivity contribution in [3.63, 3.8) is 0 Å². The first-order chi connectivity index (χ1) is 9.47. The minimum Gasteiger partial charge on any atom is -0.481 e. The highest BCUT2D eigenvalue weighted by molar-refractivity contribution is 5.93. The lowest BCUT2D eigenvalue weighted by molar-refractivity contribution is -0.139. The molecule has 1 saturated heterocycles. The third-order valence-corrected chi connectivity index (χ3v) is 3.34. The van der Waals surface area contributed by atoms with Crippen LogP contribution in [0.2, 0.25) is 0 Å². The summed E-state index contributed by atoms with van der Waals surface area (Å²) in [6, 6.07) is 7.38. The molecule has 0 spiro atoms. The van der Waals surface area contributed by atoms with E-state index < -0.39 is 5.97 Å². The van der Waals surface area contributed by atoms with E-state index in [0.29, 0.717) is 13.1 Å². The number of nitrogens with zero attached hydrogens (tertiary/aromatic N) is 2. The van der Waals surface area contributed by atoms with Crippen molar-refractivity contribution in [2.45, 2.75) is 6.42 Å². The maximum absolute atomic E-state index is 12.0. The van der Waals surface area contributed by atoms with E-state index in [2.05, 4.69) is 5.32 Å². The van der Waals surface area contributed by atoms with E-state index in [9.17, 15) is 9.59 Å². The van der Waals surface area contributed by atoms with Gasteiger partial charge in [0.2, 0.25) is 0 Å². The second-order valence-corrected chi connectivity index (χ2v) is 5.21. The van der Waals surface area contributed by atoms with Crippen molar-refractivity contribution in [3.8, 4) is 0 Å². The lowest BCUT2D eigenvalue weighted by Gasteiger charge is -2.38. The summed E-state index contributed by atoms with van der Waals surface area (Å²) in [6.45, 7) is 1.00. The normalized spacial score (nSPS) is 14.6. The number of carbonyl (C=O) groups excluding carboxylic acids is 1. The zero-order valence-corrected chi connectivity index (χ0v) is 11.7. The quantitative estimate of drug-likeness (QED) is 0.878. The van der Waals surface area contributed by atoms with Crippen LogP contribution < -0.4 is 10.2 Å². The van der Waals surface area contributed by atoms with Gasteiger partial charge in [0.15, 0.2) is 0 Å². The fourth-order valence-corrected chi connectivity index (χ4v) is 2.28. The Morgan fingerprint density at radius 1 is 1.35 bits per heavy atom. The van der Waals surface area contributed by atoms with Gasteiger partial charge >= 0.3 is 12.0 Å². The average Bonchev–Trinajstić information content (AvgIpc) is 2.33. The summed E-state index contributed by atoms with van der Waals surface area (Å²) in [7, 11) is 3.83. The highest BCUT2D eigenvalue weighted by Crippen LogP contribution is 2.25. The molecule has 2 amide bonds. The van der Waals surface area contributed by atoms with Gasteiger partial charge in [-0.1, -0.05) is 12.1 Å². The Labute approximate surface area is 118 Å². The van der Waals surface area contributed by atoms with E-state index >= 15 is 0 Å². The molecule has 1 heterocycles. The Kier molecular flexibility index (Phi) is 4.12. The summed E-state index contributed by atoms with van der Waals surface area (Å²) >= 11 is 0. The zero-order chi connectivity index (χ0) is 14.7. The lowest BCUT2D eigenvalue weighted by atomic mass is 9.97. The number of aliphatic carboxylic acids is 1. The van der Waals surface area contributed by atoms with E-state index in [-0.39, 0.29) is 18.4 Å². The van der Waals surface area contributed by atoms with E-state index in [1.54, 1.807) is 4.90 Å². The highest BCUT2D eigenvalue weighted by Gasteiger charge is 2.32. The van der Waals surface area contributed by atoms with Crippen molar-refractivity contribution in [2.75, 3.05) is 37.4 Å². The van der Waals surface area contributed by atoms with Gasteiger partial charge in [0.25, 0.3) is 0 Å². The zero-order valence-electron chi connectivity index (χ0n) is 11.7. The molecule has 0 saturated carbocycles. The number of nitrogens with one attached hydrogen (secondary N) is 1. The van der Waals surface area contributed by atoms with Crippen molar-refractivity contribution in [1.82, 2.24) is 4.90 Å². The van der Waals surface area contributed by atoms with Crippen LogP contribution in [0.5, 0.6) is 0 Å². The first-order valence-electron chi connectivity index (χ1n) is 6.51. The first-order valence-corrected chi connectivity index (χ1v) is 6.51. The van der Waals surface area contributed by atoms with Gasteiger partial charge in [-0.2, -0.15) is 0 Å². The van der Waals surface area contributed by atoms with Crippen molar-refractivity contribution in [1.29, 1.82) is 0 Å². The number of hydrogen-bond donors (Lipinski definition) is 2. The molecular weight excluding hydrogens is 258 g/mol. The molecule has 2 N–H and O–H groups in total. The summed E-state index contributed by atoms with van der Waals surface area (Å²) in [5.74, 6) is -0.740. The van der Waals surface area contributed by atoms with Crippen LogP contribution in [0.15, 0.2) is 24.3 Å². The van der Waals surface area contributed by atoms with Crippen LogP contribution in [0.4, 0.5) is 16.2 Å². The molecule has 1 aliphatic rings. The molecule has 0 radical (unpaired) electrons. The number of likely N-dealkylation sites (tertiary alicyclic amines) is 1. The second kappa shape index (κ2) is 5.81. The molecule has 2 rings (SSSR count). The number of carboxylic acids is 1. The van der Waals surface area contributed by atoms with Gasteiger partial charge in [-0.3, -0.25) is 4.79 Å². The number of amides is 2. The maximum Gasteiger partial charge on any atom is 0.321 e. The molecular formula is C14H19N3O3. The Morgan fingerprint density at radius 2 is 2.00 bits per heavy atom. The van der Waals surface area contributed by atoms with Crippen LogP contribution in [-0.4, -0.2) is 49.2 Å². The Morgan fingerprint density at radius 3 is 2.60 bits per heavy atom. The summed E-state index contributed by atoms with van der Waals surface area (Å²) in [5.41, 5.74) is 1.69. The minimum atomic E-state index is -0.812. The summed E-state index contributed by atoms with van der Waals surface area (Å²) in [4.78, 5) is 26.2. The van der Waals surface area contributed by atoms with Gasteiger partial charge < -0.3 is 20.2 Å².